The lowest BCUT2D eigenvalue weighted by Gasteiger charge is -2.38. The molecular weight excluding hydrogens is 343 g/mol. The zero-order chi connectivity index (χ0) is 17.6. The number of aldehydes is 1. The van der Waals surface area contributed by atoms with Crippen molar-refractivity contribution in [2.24, 2.45) is 0 Å². The van der Waals surface area contributed by atoms with Gasteiger partial charge in [0, 0.05) is 26.2 Å². The molecule has 132 valence electrons. The molecule has 1 saturated heterocycles. The SMILES string of the molecule is O=CC(OCc1ccccc1)N1CCN(c2ccc(F)cc2Cl)CC1. The predicted octanol–water partition coefficient (Wildman–Crippen LogP) is 3.34. The standard InChI is InChI=1S/C19H20ClFN2O2/c20-17-12-16(21)6-7-18(17)22-8-10-23(11-9-22)19(13-24)25-14-15-4-2-1-3-5-15/h1-7,12-13,19H,8-11,14H2. The maximum absolute atomic E-state index is 13.2. The lowest BCUT2D eigenvalue weighted by atomic mass is 10.2. The van der Waals surface area contributed by atoms with Gasteiger partial charge in [0.2, 0.25) is 0 Å². The number of hydrogen-bond acceptors (Lipinski definition) is 4. The summed E-state index contributed by atoms with van der Waals surface area (Å²) in [7, 11) is 0. The van der Waals surface area contributed by atoms with Gasteiger partial charge in [-0.25, -0.2) is 4.39 Å². The minimum atomic E-state index is -0.564. The number of nitrogens with zero attached hydrogens (tertiary/aromatic N) is 2. The van der Waals surface area contributed by atoms with Crippen molar-refractivity contribution in [3.8, 4) is 0 Å². The molecular formula is C19H20ClFN2O2. The Bertz CT molecular complexity index is 706. The quantitative estimate of drug-likeness (QED) is 0.738. The number of piperazine rings is 1. The predicted molar refractivity (Wildman–Crippen MR) is 96.3 cm³/mol. The summed E-state index contributed by atoms with van der Waals surface area (Å²) >= 11 is 6.13. The number of anilines is 1. The average molecular weight is 363 g/mol. The van der Waals surface area contributed by atoms with Gasteiger partial charge >= 0.3 is 0 Å². The molecule has 0 N–H and O–H groups in total. The molecule has 1 atom stereocenters. The number of carbonyl (C=O) groups excluding carboxylic acids is 1. The zero-order valence-corrected chi connectivity index (χ0v) is 14.5. The van der Waals surface area contributed by atoms with Crippen LogP contribution in [0, 0.1) is 5.82 Å². The fourth-order valence-electron chi connectivity index (χ4n) is 2.94. The normalized spacial score (nSPS) is 16.6. The van der Waals surface area contributed by atoms with E-state index in [1.807, 2.05) is 35.2 Å². The Hall–Kier alpha value is -1.95. The Balaban J connectivity index is 1.55. The number of hydrogen-bond donors (Lipinski definition) is 0. The van der Waals surface area contributed by atoms with Crippen LogP contribution >= 0.6 is 11.6 Å². The summed E-state index contributed by atoms with van der Waals surface area (Å²) < 4.78 is 18.9. The van der Waals surface area contributed by atoms with Gasteiger partial charge in [0.1, 0.15) is 5.82 Å². The molecule has 1 fully saturated rings. The molecule has 1 unspecified atom stereocenters. The number of rotatable bonds is 6. The first-order chi connectivity index (χ1) is 12.2. The van der Waals surface area contributed by atoms with E-state index < -0.39 is 6.23 Å². The van der Waals surface area contributed by atoms with Gasteiger partial charge in [0.05, 0.1) is 17.3 Å². The van der Waals surface area contributed by atoms with Gasteiger partial charge in [0.25, 0.3) is 0 Å². The van der Waals surface area contributed by atoms with Crippen molar-refractivity contribution >= 4 is 23.6 Å². The van der Waals surface area contributed by atoms with Crippen LogP contribution in [0.1, 0.15) is 5.56 Å². The van der Waals surface area contributed by atoms with Gasteiger partial charge in [-0.15, -0.1) is 0 Å². The zero-order valence-electron chi connectivity index (χ0n) is 13.8. The van der Waals surface area contributed by atoms with Crippen LogP contribution in [0.3, 0.4) is 0 Å². The van der Waals surface area contributed by atoms with Crippen molar-refractivity contribution in [1.29, 1.82) is 0 Å². The third kappa shape index (κ3) is 4.57. The molecule has 4 nitrogen and oxygen atoms in total. The van der Waals surface area contributed by atoms with E-state index in [4.69, 9.17) is 16.3 Å². The minimum Gasteiger partial charge on any atom is -0.368 e. The fraction of sp³-hybridized carbons (Fsp3) is 0.316. The van der Waals surface area contributed by atoms with Crippen LogP contribution in [0.2, 0.25) is 5.02 Å². The van der Waals surface area contributed by atoms with Crippen LogP contribution in [-0.4, -0.2) is 43.6 Å². The lowest BCUT2D eigenvalue weighted by Crippen LogP contribution is -2.51. The summed E-state index contributed by atoms with van der Waals surface area (Å²) in [6, 6.07) is 14.2. The number of carbonyl (C=O) groups is 1. The van der Waals surface area contributed by atoms with Crippen molar-refractivity contribution in [1.82, 2.24) is 4.90 Å². The Labute approximate surface area is 151 Å². The molecule has 0 bridgehead atoms. The smallest absolute Gasteiger partial charge is 0.167 e. The topological polar surface area (TPSA) is 32.8 Å². The van der Waals surface area contributed by atoms with Gasteiger partial charge < -0.3 is 9.64 Å². The van der Waals surface area contributed by atoms with Crippen LogP contribution < -0.4 is 4.90 Å². The Morgan fingerprint density at radius 3 is 2.48 bits per heavy atom. The highest BCUT2D eigenvalue weighted by atomic mass is 35.5. The average Bonchev–Trinajstić information content (AvgIpc) is 2.64. The molecule has 0 radical (unpaired) electrons. The van der Waals surface area contributed by atoms with Crippen LogP contribution in [-0.2, 0) is 16.1 Å². The van der Waals surface area contributed by atoms with Crippen LogP contribution in [0.4, 0.5) is 10.1 Å². The Kier molecular flexibility index (Phi) is 6.02. The second-order valence-electron chi connectivity index (χ2n) is 5.94. The molecule has 0 amide bonds. The summed E-state index contributed by atoms with van der Waals surface area (Å²) in [5.41, 5.74) is 1.85. The number of benzene rings is 2. The first-order valence-electron chi connectivity index (χ1n) is 8.22. The van der Waals surface area contributed by atoms with Crippen molar-refractivity contribution in [2.45, 2.75) is 12.8 Å². The van der Waals surface area contributed by atoms with Gasteiger partial charge in [-0.2, -0.15) is 0 Å². The first-order valence-corrected chi connectivity index (χ1v) is 8.60. The summed E-state index contributed by atoms with van der Waals surface area (Å²) in [5.74, 6) is -0.345. The Morgan fingerprint density at radius 1 is 1.12 bits per heavy atom. The molecule has 0 saturated carbocycles. The summed E-state index contributed by atoms with van der Waals surface area (Å²) in [6.45, 7) is 3.14. The third-order valence-corrected chi connectivity index (χ3v) is 4.61. The highest BCUT2D eigenvalue weighted by Gasteiger charge is 2.25. The maximum Gasteiger partial charge on any atom is 0.167 e. The molecule has 0 aromatic heterocycles. The summed E-state index contributed by atoms with van der Waals surface area (Å²) in [6.07, 6.45) is 0.273. The van der Waals surface area contributed by atoms with E-state index in [0.29, 0.717) is 37.8 Å². The lowest BCUT2D eigenvalue weighted by molar-refractivity contribution is -0.133. The monoisotopic (exact) mass is 362 g/mol. The van der Waals surface area contributed by atoms with Gasteiger partial charge in [-0.05, 0) is 23.8 Å². The Morgan fingerprint density at radius 2 is 1.84 bits per heavy atom. The van der Waals surface area contributed by atoms with Crippen molar-refractivity contribution in [3.05, 3.63) is 64.9 Å². The minimum absolute atomic E-state index is 0.345. The van der Waals surface area contributed by atoms with E-state index >= 15 is 0 Å². The molecule has 1 aliphatic heterocycles. The van der Waals surface area contributed by atoms with Crippen molar-refractivity contribution in [3.63, 3.8) is 0 Å². The highest BCUT2D eigenvalue weighted by molar-refractivity contribution is 6.33. The van der Waals surface area contributed by atoms with Crippen LogP contribution in [0.25, 0.3) is 0 Å². The molecule has 1 aliphatic rings. The molecule has 1 heterocycles. The largest absolute Gasteiger partial charge is 0.368 e. The maximum atomic E-state index is 13.2. The van der Waals surface area contributed by atoms with Crippen LogP contribution in [0.15, 0.2) is 48.5 Å². The third-order valence-electron chi connectivity index (χ3n) is 4.30. The van der Waals surface area contributed by atoms with Crippen LogP contribution in [0.5, 0.6) is 0 Å². The fourth-order valence-corrected chi connectivity index (χ4v) is 3.23. The molecule has 0 aliphatic carbocycles. The highest BCUT2D eigenvalue weighted by Crippen LogP contribution is 2.27. The van der Waals surface area contributed by atoms with Crippen molar-refractivity contribution in [2.75, 3.05) is 31.1 Å². The molecule has 25 heavy (non-hydrogen) atoms. The number of halogens is 2. The van der Waals surface area contributed by atoms with Gasteiger partial charge in [-0.3, -0.25) is 9.69 Å². The molecule has 3 rings (SSSR count). The van der Waals surface area contributed by atoms with Crippen molar-refractivity contribution < 1.29 is 13.9 Å². The summed E-state index contributed by atoms with van der Waals surface area (Å²) in [5, 5.41) is 0.403. The molecule has 6 heteroatoms. The van der Waals surface area contributed by atoms with Gasteiger partial charge in [-0.1, -0.05) is 41.9 Å². The van der Waals surface area contributed by atoms with E-state index in [2.05, 4.69) is 4.90 Å². The molecule has 2 aromatic rings. The van der Waals surface area contributed by atoms with E-state index in [1.54, 1.807) is 6.07 Å². The summed E-state index contributed by atoms with van der Waals surface area (Å²) in [4.78, 5) is 15.5. The number of ether oxygens (including phenoxy) is 1. The second kappa shape index (κ2) is 8.43. The van der Waals surface area contributed by atoms with E-state index in [9.17, 15) is 9.18 Å². The molecule has 0 spiro atoms. The van der Waals surface area contributed by atoms with E-state index in [1.165, 1.54) is 12.1 Å². The second-order valence-corrected chi connectivity index (χ2v) is 6.35. The van der Waals surface area contributed by atoms with Gasteiger partial charge in [0.15, 0.2) is 12.5 Å². The van der Waals surface area contributed by atoms with E-state index in [-0.39, 0.29) is 5.82 Å². The first kappa shape index (κ1) is 17.9. The van der Waals surface area contributed by atoms with E-state index in [0.717, 1.165) is 17.5 Å². The molecule has 2 aromatic carbocycles.